The molecule has 9 heteroatoms. The molecule has 0 aliphatic rings. The number of amides is 2. The van der Waals surface area contributed by atoms with Gasteiger partial charge in [0.15, 0.2) is 5.65 Å². The molecule has 160 valence electrons. The molecule has 31 heavy (non-hydrogen) atoms. The molecule has 0 unspecified atom stereocenters. The lowest BCUT2D eigenvalue weighted by molar-refractivity contribution is -0.141. The fourth-order valence-electron chi connectivity index (χ4n) is 2.94. The molecule has 0 aliphatic carbocycles. The highest BCUT2D eigenvalue weighted by molar-refractivity contribution is 6.01. The molecule has 0 saturated heterocycles. The largest absolute Gasteiger partial charge is 0.465 e. The molecule has 1 aromatic carbocycles. The van der Waals surface area contributed by atoms with Gasteiger partial charge in [0.05, 0.1) is 18.4 Å². The quantitative estimate of drug-likeness (QED) is 0.532. The van der Waals surface area contributed by atoms with E-state index in [1.54, 1.807) is 6.92 Å². The van der Waals surface area contributed by atoms with E-state index in [0.29, 0.717) is 6.42 Å². The maximum atomic E-state index is 12.8. The molecule has 0 atom stereocenters. The Balaban J connectivity index is 1.73. The SMILES string of the molecule is CCOC(=O)CNC(=O)c1cccn2c(=O)c(NC(=O)CCc3ccccc3)cnc12. The minimum atomic E-state index is -0.572. The van der Waals surface area contributed by atoms with Crippen molar-refractivity contribution in [3.63, 3.8) is 0 Å². The number of benzene rings is 1. The van der Waals surface area contributed by atoms with Crippen LogP contribution in [0.5, 0.6) is 0 Å². The molecule has 3 aromatic rings. The molecule has 2 N–H and O–H groups in total. The molecule has 0 aliphatic heterocycles. The van der Waals surface area contributed by atoms with Gasteiger partial charge in [-0.05, 0) is 31.0 Å². The van der Waals surface area contributed by atoms with Gasteiger partial charge < -0.3 is 15.4 Å². The predicted molar refractivity (Wildman–Crippen MR) is 114 cm³/mol. The summed E-state index contributed by atoms with van der Waals surface area (Å²) in [5.74, 6) is -1.45. The monoisotopic (exact) mass is 422 g/mol. The first-order valence-corrected chi connectivity index (χ1v) is 9.77. The van der Waals surface area contributed by atoms with Crippen LogP contribution in [0.15, 0.2) is 59.7 Å². The van der Waals surface area contributed by atoms with Gasteiger partial charge in [-0.1, -0.05) is 30.3 Å². The standard InChI is InChI=1S/C22H22N4O5/c1-2-31-19(28)14-24-21(29)16-9-6-12-26-20(16)23-13-17(22(26)30)25-18(27)11-10-15-7-4-3-5-8-15/h3-9,12-13H,2,10-11,14H2,1H3,(H,24,29)(H,25,27). The van der Waals surface area contributed by atoms with Gasteiger partial charge in [-0.3, -0.25) is 23.6 Å². The maximum absolute atomic E-state index is 12.8. The number of hydrogen-bond donors (Lipinski definition) is 2. The van der Waals surface area contributed by atoms with E-state index in [0.717, 1.165) is 5.56 Å². The molecule has 0 saturated carbocycles. The fraction of sp³-hybridized carbons (Fsp3) is 0.227. The molecular weight excluding hydrogens is 400 g/mol. The van der Waals surface area contributed by atoms with Gasteiger partial charge in [-0.25, -0.2) is 4.98 Å². The Labute approximate surface area is 178 Å². The van der Waals surface area contributed by atoms with Crippen LogP contribution in [-0.4, -0.2) is 40.3 Å². The molecule has 0 bridgehead atoms. The van der Waals surface area contributed by atoms with Crippen molar-refractivity contribution in [2.24, 2.45) is 0 Å². The number of nitrogens with one attached hydrogen (secondary N) is 2. The highest BCUT2D eigenvalue weighted by Crippen LogP contribution is 2.10. The number of aromatic nitrogens is 2. The summed E-state index contributed by atoms with van der Waals surface area (Å²) in [6.07, 6.45) is 3.43. The normalized spacial score (nSPS) is 10.5. The maximum Gasteiger partial charge on any atom is 0.325 e. The van der Waals surface area contributed by atoms with Crippen LogP contribution in [-0.2, 0) is 20.7 Å². The second-order valence-electron chi connectivity index (χ2n) is 6.61. The molecule has 0 radical (unpaired) electrons. The van der Waals surface area contributed by atoms with Crippen molar-refractivity contribution in [2.45, 2.75) is 19.8 Å². The summed E-state index contributed by atoms with van der Waals surface area (Å²) in [6, 6.07) is 12.5. The molecule has 0 spiro atoms. The summed E-state index contributed by atoms with van der Waals surface area (Å²) >= 11 is 0. The summed E-state index contributed by atoms with van der Waals surface area (Å²) in [7, 11) is 0. The van der Waals surface area contributed by atoms with E-state index < -0.39 is 17.4 Å². The Bertz CT molecular complexity index is 1160. The van der Waals surface area contributed by atoms with Gasteiger partial charge in [0, 0.05) is 12.6 Å². The van der Waals surface area contributed by atoms with Crippen LogP contribution in [0.4, 0.5) is 5.69 Å². The van der Waals surface area contributed by atoms with Gasteiger partial charge >= 0.3 is 5.97 Å². The van der Waals surface area contributed by atoms with Crippen molar-refractivity contribution < 1.29 is 19.1 Å². The average molecular weight is 422 g/mol. The number of rotatable bonds is 8. The van der Waals surface area contributed by atoms with Crippen molar-refractivity contribution in [3.05, 3.63) is 76.3 Å². The summed E-state index contributed by atoms with van der Waals surface area (Å²) < 4.78 is 5.94. The lowest BCUT2D eigenvalue weighted by Crippen LogP contribution is -2.32. The van der Waals surface area contributed by atoms with Crippen molar-refractivity contribution in [3.8, 4) is 0 Å². The second kappa shape index (κ2) is 10.1. The van der Waals surface area contributed by atoms with E-state index in [9.17, 15) is 19.2 Å². The zero-order chi connectivity index (χ0) is 22.2. The van der Waals surface area contributed by atoms with Gasteiger partial charge in [0.1, 0.15) is 12.2 Å². The number of anilines is 1. The minimum Gasteiger partial charge on any atom is -0.465 e. The number of ether oxygens (including phenoxy) is 1. The molecule has 9 nitrogen and oxygen atoms in total. The summed E-state index contributed by atoms with van der Waals surface area (Å²) in [6.45, 7) is 1.58. The first-order chi connectivity index (χ1) is 15.0. The van der Waals surface area contributed by atoms with E-state index in [1.165, 1.54) is 28.9 Å². The van der Waals surface area contributed by atoms with Gasteiger partial charge in [-0.2, -0.15) is 0 Å². The van der Waals surface area contributed by atoms with Crippen LogP contribution >= 0.6 is 0 Å². The Morgan fingerprint density at radius 3 is 2.61 bits per heavy atom. The lowest BCUT2D eigenvalue weighted by atomic mass is 10.1. The molecule has 2 heterocycles. The Hall–Kier alpha value is -4.01. The highest BCUT2D eigenvalue weighted by atomic mass is 16.5. The third-order valence-corrected chi connectivity index (χ3v) is 4.43. The lowest BCUT2D eigenvalue weighted by Gasteiger charge is -2.10. The summed E-state index contributed by atoms with van der Waals surface area (Å²) in [4.78, 5) is 53.0. The number of carbonyl (C=O) groups is 3. The summed E-state index contributed by atoms with van der Waals surface area (Å²) in [5, 5.41) is 5.01. The van der Waals surface area contributed by atoms with E-state index in [1.807, 2.05) is 30.3 Å². The Kier molecular flexibility index (Phi) is 7.10. The van der Waals surface area contributed by atoms with Gasteiger partial charge in [0.2, 0.25) is 5.91 Å². The molecule has 3 rings (SSSR count). The number of nitrogens with zero attached hydrogens (tertiary/aromatic N) is 2. The first-order valence-electron chi connectivity index (χ1n) is 9.77. The van der Waals surface area contributed by atoms with Gasteiger partial charge in [-0.15, -0.1) is 0 Å². The van der Waals surface area contributed by atoms with Crippen LogP contribution in [0.3, 0.4) is 0 Å². The number of carbonyl (C=O) groups excluding carboxylic acids is 3. The van der Waals surface area contributed by atoms with E-state index >= 15 is 0 Å². The topological polar surface area (TPSA) is 119 Å². The zero-order valence-electron chi connectivity index (χ0n) is 17.0. The van der Waals surface area contributed by atoms with Crippen LogP contribution in [0.25, 0.3) is 5.65 Å². The minimum absolute atomic E-state index is 0.0136. The van der Waals surface area contributed by atoms with Crippen LogP contribution in [0, 0.1) is 0 Å². The predicted octanol–water partition coefficient (Wildman–Crippen LogP) is 1.56. The van der Waals surface area contributed by atoms with Crippen molar-refractivity contribution >= 4 is 29.1 Å². The van der Waals surface area contributed by atoms with Crippen molar-refractivity contribution in [1.29, 1.82) is 0 Å². The third-order valence-electron chi connectivity index (χ3n) is 4.43. The average Bonchev–Trinajstić information content (AvgIpc) is 2.78. The van der Waals surface area contributed by atoms with Crippen molar-refractivity contribution in [1.82, 2.24) is 14.7 Å². The zero-order valence-corrected chi connectivity index (χ0v) is 17.0. The van der Waals surface area contributed by atoms with E-state index in [-0.39, 0.29) is 42.4 Å². The number of pyridine rings is 1. The summed E-state index contributed by atoms with van der Waals surface area (Å²) in [5.41, 5.74) is 0.740. The highest BCUT2D eigenvalue weighted by Gasteiger charge is 2.16. The van der Waals surface area contributed by atoms with Crippen LogP contribution in [0.1, 0.15) is 29.3 Å². The van der Waals surface area contributed by atoms with Crippen molar-refractivity contribution in [2.75, 3.05) is 18.5 Å². The molecule has 2 aromatic heterocycles. The number of fused-ring (bicyclic) bond motifs is 1. The van der Waals surface area contributed by atoms with Crippen LogP contribution in [0.2, 0.25) is 0 Å². The van der Waals surface area contributed by atoms with Crippen LogP contribution < -0.4 is 16.2 Å². The Morgan fingerprint density at radius 2 is 1.87 bits per heavy atom. The number of hydrogen-bond acceptors (Lipinski definition) is 6. The number of aryl methyl sites for hydroxylation is 1. The molecule has 2 amide bonds. The molecular formula is C22H22N4O5. The molecule has 0 fully saturated rings. The fourth-order valence-corrected chi connectivity index (χ4v) is 2.94. The first kappa shape index (κ1) is 21.7. The van der Waals surface area contributed by atoms with Gasteiger partial charge in [0.25, 0.3) is 11.5 Å². The third kappa shape index (κ3) is 5.53. The second-order valence-corrected chi connectivity index (χ2v) is 6.61. The van der Waals surface area contributed by atoms with E-state index in [4.69, 9.17) is 4.74 Å². The smallest absolute Gasteiger partial charge is 0.325 e. The number of esters is 1. The van der Waals surface area contributed by atoms with E-state index in [2.05, 4.69) is 15.6 Å². The Morgan fingerprint density at radius 1 is 1.10 bits per heavy atom.